The molecule has 5 heteroatoms. The van der Waals surface area contributed by atoms with Crippen LogP contribution < -0.4 is 5.73 Å². The van der Waals surface area contributed by atoms with Crippen LogP contribution >= 0.6 is 0 Å². The minimum Gasteiger partial charge on any atom is -0.329 e. The first-order valence-corrected chi connectivity index (χ1v) is 7.81. The normalized spacial score (nSPS) is 25.6. The summed E-state index contributed by atoms with van der Waals surface area (Å²) in [5.41, 5.74) is 5.40. The fraction of sp³-hybridized carbons (Fsp3) is 1.00. The van der Waals surface area contributed by atoms with Crippen LogP contribution in [0.3, 0.4) is 0 Å². The van der Waals surface area contributed by atoms with Gasteiger partial charge in [-0.2, -0.15) is 0 Å². The Morgan fingerprint density at radius 3 is 2.69 bits per heavy atom. The van der Waals surface area contributed by atoms with E-state index in [9.17, 15) is 8.42 Å². The van der Waals surface area contributed by atoms with Crippen molar-refractivity contribution in [2.45, 2.75) is 43.9 Å². The Kier molecular flexibility index (Phi) is 5.21. The Morgan fingerprint density at radius 1 is 1.44 bits per heavy atom. The summed E-state index contributed by atoms with van der Waals surface area (Å²) in [7, 11) is -0.899. The first-order valence-electron chi connectivity index (χ1n) is 6.09. The molecular formula is C11H24N2O2S. The van der Waals surface area contributed by atoms with Gasteiger partial charge in [-0.15, -0.1) is 0 Å². The molecule has 1 fully saturated rings. The van der Waals surface area contributed by atoms with Crippen molar-refractivity contribution >= 4 is 9.84 Å². The van der Waals surface area contributed by atoms with Crippen LogP contribution in [0.25, 0.3) is 0 Å². The highest BCUT2D eigenvalue weighted by Gasteiger charge is 2.24. The average molecular weight is 248 g/mol. The number of hydrogen-bond donors (Lipinski definition) is 1. The molecule has 0 spiro atoms. The fourth-order valence-electron chi connectivity index (χ4n) is 2.16. The van der Waals surface area contributed by atoms with Crippen LogP contribution in [0, 0.1) is 0 Å². The van der Waals surface area contributed by atoms with Crippen molar-refractivity contribution in [1.29, 1.82) is 0 Å². The minimum absolute atomic E-state index is 0.225. The fourth-order valence-corrected chi connectivity index (χ4v) is 3.45. The van der Waals surface area contributed by atoms with E-state index in [4.69, 9.17) is 5.73 Å². The molecule has 0 aromatic heterocycles. The predicted molar refractivity (Wildman–Crippen MR) is 67.2 cm³/mol. The summed E-state index contributed by atoms with van der Waals surface area (Å²) in [4.78, 5) is 2.28. The molecule has 1 saturated heterocycles. The summed E-state index contributed by atoms with van der Waals surface area (Å²) in [5, 5.41) is -0.401. The molecule has 0 aliphatic carbocycles. The summed E-state index contributed by atoms with van der Waals surface area (Å²) < 4.78 is 23.6. The van der Waals surface area contributed by atoms with Gasteiger partial charge in [0.05, 0.1) is 11.0 Å². The smallest absolute Gasteiger partial charge is 0.154 e. The lowest BCUT2D eigenvalue weighted by molar-refractivity contribution is 0.181. The summed E-state index contributed by atoms with van der Waals surface area (Å²) in [6.45, 7) is 3.01. The first-order chi connectivity index (χ1) is 7.47. The zero-order valence-electron chi connectivity index (χ0n) is 10.4. The summed E-state index contributed by atoms with van der Waals surface area (Å²) >= 11 is 0. The third-order valence-corrected chi connectivity index (χ3v) is 5.83. The van der Waals surface area contributed by atoms with Crippen molar-refractivity contribution in [3.05, 3.63) is 0 Å². The second-order valence-electron chi connectivity index (χ2n) is 4.83. The zero-order chi connectivity index (χ0) is 12.2. The monoisotopic (exact) mass is 248 g/mol. The highest BCUT2D eigenvalue weighted by Crippen LogP contribution is 2.19. The van der Waals surface area contributed by atoms with Crippen molar-refractivity contribution in [2.24, 2.45) is 5.73 Å². The van der Waals surface area contributed by atoms with Gasteiger partial charge in [0, 0.05) is 12.6 Å². The Hall–Kier alpha value is -0.130. The molecule has 0 saturated carbocycles. The summed E-state index contributed by atoms with van der Waals surface area (Å²) in [6, 6.07) is 0.438. The Balaban J connectivity index is 2.44. The number of piperidine rings is 1. The molecule has 1 aliphatic rings. The van der Waals surface area contributed by atoms with E-state index >= 15 is 0 Å². The van der Waals surface area contributed by atoms with Crippen LogP contribution in [-0.4, -0.2) is 50.5 Å². The minimum atomic E-state index is -2.98. The van der Waals surface area contributed by atoms with Gasteiger partial charge in [0.1, 0.15) is 0 Å². The van der Waals surface area contributed by atoms with Gasteiger partial charge in [0.15, 0.2) is 9.84 Å². The molecular weight excluding hydrogens is 224 g/mol. The molecule has 0 radical (unpaired) electrons. The van der Waals surface area contributed by atoms with Crippen LogP contribution in [-0.2, 0) is 9.84 Å². The van der Waals surface area contributed by atoms with Crippen LogP contribution in [0.2, 0.25) is 0 Å². The molecule has 96 valence electrons. The molecule has 16 heavy (non-hydrogen) atoms. The van der Waals surface area contributed by atoms with Crippen molar-refractivity contribution in [1.82, 2.24) is 4.90 Å². The molecule has 0 amide bonds. The SMILES string of the molecule is CC(CN)S(=O)(=O)CCC1CCCCN1C. The number of nitrogens with zero attached hydrogens (tertiary/aromatic N) is 1. The van der Waals surface area contributed by atoms with Crippen LogP contribution in [0.4, 0.5) is 0 Å². The first kappa shape index (κ1) is 13.9. The standard InChI is InChI=1S/C11H24N2O2S/c1-10(9-12)16(14,15)8-6-11-5-3-4-7-13(11)2/h10-11H,3-9,12H2,1-2H3. The molecule has 4 nitrogen and oxygen atoms in total. The van der Waals surface area contributed by atoms with Crippen molar-refractivity contribution in [3.63, 3.8) is 0 Å². The molecule has 1 aliphatic heterocycles. The number of likely N-dealkylation sites (tertiary alicyclic amines) is 1. The summed E-state index contributed by atoms with van der Waals surface area (Å²) in [5.74, 6) is 0.278. The van der Waals surface area contributed by atoms with Gasteiger partial charge >= 0.3 is 0 Å². The Labute approximate surface area is 99.1 Å². The van der Waals surface area contributed by atoms with E-state index in [0.717, 1.165) is 19.4 Å². The molecule has 0 aromatic rings. The summed E-state index contributed by atoms with van der Waals surface area (Å²) in [6.07, 6.45) is 4.34. The maximum absolute atomic E-state index is 11.8. The lowest BCUT2D eigenvalue weighted by atomic mass is 10.0. The van der Waals surface area contributed by atoms with E-state index in [1.807, 2.05) is 0 Å². The third kappa shape index (κ3) is 3.71. The van der Waals surface area contributed by atoms with Gasteiger partial charge in [-0.3, -0.25) is 0 Å². The quantitative estimate of drug-likeness (QED) is 0.775. The largest absolute Gasteiger partial charge is 0.329 e. The Morgan fingerprint density at radius 2 is 2.12 bits per heavy atom. The van der Waals surface area contributed by atoms with Gasteiger partial charge in [-0.1, -0.05) is 6.42 Å². The average Bonchev–Trinajstić information content (AvgIpc) is 2.27. The maximum atomic E-state index is 11.8. The molecule has 2 unspecified atom stereocenters. The van der Waals surface area contributed by atoms with Gasteiger partial charge in [0.2, 0.25) is 0 Å². The topological polar surface area (TPSA) is 63.4 Å². The van der Waals surface area contributed by atoms with E-state index < -0.39 is 15.1 Å². The van der Waals surface area contributed by atoms with Crippen LogP contribution in [0.1, 0.15) is 32.6 Å². The van der Waals surface area contributed by atoms with Gasteiger partial charge in [-0.25, -0.2) is 8.42 Å². The highest BCUT2D eigenvalue weighted by atomic mass is 32.2. The van der Waals surface area contributed by atoms with Gasteiger partial charge in [-0.05, 0) is 39.8 Å². The molecule has 2 N–H and O–H groups in total. The molecule has 0 aromatic carbocycles. The number of nitrogens with two attached hydrogens (primary N) is 1. The van der Waals surface area contributed by atoms with Crippen LogP contribution in [0.15, 0.2) is 0 Å². The lowest BCUT2D eigenvalue weighted by Crippen LogP contribution is -2.38. The zero-order valence-corrected chi connectivity index (χ0v) is 11.2. The van der Waals surface area contributed by atoms with E-state index in [1.54, 1.807) is 6.92 Å². The number of hydrogen-bond acceptors (Lipinski definition) is 4. The maximum Gasteiger partial charge on any atom is 0.154 e. The third-order valence-electron chi connectivity index (χ3n) is 3.60. The molecule has 1 rings (SSSR count). The second kappa shape index (κ2) is 5.98. The highest BCUT2D eigenvalue weighted by molar-refractivity contribution is 7.92. The van der Waals surface area contributed by atoms with E-state index in [2.05, 4.69) is 11.9 Å². The van der Waals surface area contributed by atoms with Gasteiger partial charge in [0.25, 0.3) is 0 Å². The molecule has 0 bridgehead atoms. The Bertz CT molecular complexity index is 303. The second-order valence-corrected chi connectivity index (χ2v) is 7.37. The van der Waals surface area contributed by atoms with Crippen molar-refractivity contribution in [2.75, 3.05) is 25.9 Å². The molecule has 1 heterocycles. The van der Waals surface area contributed by atoms with E-state index in [1.165, 1.54) is 12.8 Å². The van der Waals surface area contributed by atoms with Crippen molar-refractivity contribution in [3.8, 4) is 0 Å². The van der Waals surface area contributed by atoms with E-state index in [-0.39, 0.29) is 12.3 Å². The van der Waals surface area contributed by atoms with Gasteiger partial charge < -0.3 is 10.6 Å². The molecule has 2 atom stereocenters. The van der Waals surface area contributed by atoms with E-state index in [0.29, 0.717) is 6.04 Å². The number of sulfone groups is 1. The predicted octanol–water partition coefficient (Wildman–Crippen LogP) is 0.623. The number of rotatable bonds is 5. The van der Waals surface area contributed by atoms with Crippen molar-refractivity contribution < 1.29 is 8.42 Å². The van der Waals surface area contributed by atoms with Crippen LogP contribution in [0.5, 0.6) is 0 Å². The lowest BCUT2D eigenvalue weighted by Gasteiger charge is -2.32.